The molecule has 0 amide bonds. The molecule has 0 saturated heterocycles. The van der Waals surface area contributed by atoms with Crippen molar-refractivity contribution in [2.75, 3.05) is 7.11 Å². The van der Waals surface area contributed by atoms with Gasteiger partial charge in [0.2, 0.25) is 0 Å². The van der Waals surface area contributed by atoms with Crippen LogP contribution in [0.3, 0.4) is 0 Å². The van der Waals surface area contributed by atoms with Gasteiger partial charge in [0.05, 0.1) is 23.6 Å². The Bertz CT molecular complexity index is 1130. The molecular formula is C21H18ClN3O. The monoisotopic (exact) mass is 363 g/mol. The van der Waals surface area contributed by atoms with E-state index in [1.165, 1.54) is 18.1 Å². The summed E-state index contributed by atoms with van der Waals surface area (Å²) in [6, 6.07) is 16.5. The zero-order chi connectivity index (χ0) is 18.1. The summed E-state index contributed by atoms with van der Waals surface area (Å²) >= 11 is 6.44. The molecule has 0 unspecified atom stereocenters. The molecule has 2 heterocycles. The highest BCUT2D eigenvalue weighted by Crippen LogP contribution is 2.30. The van der Waals surface area contributed by atoms with Crippen molar-refractivity contribution in [2.24, 2.45) is 5.16 Å². The van der Waals surface area contributed by atoms with Gasteiger partial charge in [-0.1, -0.05) is 52.7 Å². The molecule has 0 radical (unpaired) electrons. The lowest BCUT2D eigenvalue weighted by Crippen LogP contribution is -2.01. The average Bonchev–Trinajstić information content (AvgIpc) is 2.96. The number of rotatable bonds is 4. The molecule has 0 aliphatic rings. The lowest BCUT2D eigenvalue weighted by molar-refractivity contribution is 0.215. The Balaban J connectivity index is 1.92. The molecular weight excluding hydrogens is 346 g/mol. The average molecular weight is 364 g/mol. The summed E-state index contributed by atoms with van der Waals surface area (Å²) in [5.41, 5.74) is 5.28. The predicted molar refractivity (Wildman–Crippen MR) is 107 cm³/mol. The van der Waals surface area contributed by atoms with Gasteiger partial charge in [0.25, 0.3) is 0 Å². The molecule has 2 aromatic carbocycles. The normalized spacial score (nSPS) is 11.7. The first-order valence-electron chi connectivity index (χ1n) is 8.36. The van der Waals surface area contributed by atoms with Crippen molar-refractivity contribution in [3.63, 3.8) is 0 Å². The van der Waals surface area contributed by atoms with Crippen LogP contribution in [0.5, 0.6) is 0 Å². The van der Waals surface area contributed by atoms with Crippen LogP contribution in [0.1, 0.15) is 16.8 Å². The Morgan fingerprint density at radius 3 is 2.81 bits per heavy atom. The molecule has 4 aromatic rings. The number of fused-ring (bicyclic) bond motifs is 3. The molecule has 130 valence electrons. The summed E-state index contributed by atoms with van der Waals surface area (Å²) < 4.78 is 2.26. The minimum Gasteiger partial charge on any atom is -0.399 e. The van der Waals surface area contributed by atoms with E-state index in [-0.39, 0.29) is 0 Å². The highest BCUT2D eigenvalue weighted by atomic mass is 35.5. The first kappa shape index (κ1) is 16.6. The van der Waals surface area contributed by atoms with Crippen LogP contribution in [0.2, 0.25) is 5.02 Å². The van der Waals surface area contributed by atoms with Gasteiger partial charge in [-0.2, -0.15) is 0 Å². The second-order valence-corrected chi connectivity index (χ2v) is 6.65. The molecule has 4 nitrogen and oxygen atoms in total. The lowest BCUT2D eigenvalue weighted by Gasteiger charge is -2.10. The molecule has 0 N–H and O–H groups in total. The van der Waals surface area contributed by atoms with Gasteiger partial charge in [-0.3, -0.25) is 4.98 Å². The molecule has 0 bridgehead atoms. The van der Waals surface area contributed by atoms with Crippen molar-refractivity contribution in [1.29, 1.82) is 0 Å². The number of oxime groups is 1. The standard InChI is InChI=1S/C21H18ClN3O/c1-14-7-8-19(22)15(9-14)13-25-20-6-4-3-5-17(20)18-10-16(11-24-26-2)23-12-21(18)25/h3-12H,13H2,1-2H3/b24-11+. The minimum absolute atomic E-state index is 0.692. The predicted octanol–water partition coefficient (Wildman–Crippen LogP) is 5.18. The highest BCUT2D eigenvalue weighted by molar-refractivity contribution is 6.31. The van der Waals surface area contributed by atoms with Crippen LogP contribution in [-0.4, -0.2) is 22.9 Å². The second-order valence-electron chi connectivity index (χ2n) is 6.24. The quantitative estimate of drug-likeness (QED) is 0.370. The van der Waals surface area contributed by atoms with E-state index in [1.54, 1.807) is 6.21 Å². The zero-order valence-electron chi connectivity index (χ0n) is 14.6. The minimum atomic E-state index is 0.692. The Kier molecular flexibility index (Phi) is 4.35. The fourth-order valence-electron chi connectivity index (χ4n) is 3.30. The SMILES string of the molecule is CO/N=C/c1cc2c3ccccc3n(Cc3cc(C)ccc3Cl)c2cn1. The van der Waals surface area contributed by atoms with Gasteiger partial charge in [-0.25, -0.2) is 0 Å². The number of hydrogen-bond donors (Lipinski definition) is 0. The van der Waals surface area contributed by atoms with E-state index in [0.29, 0.717) is 6.54 Å². The molecule has 5 heteroatoms. The Morgan fingerprint density at radius 2 is 1.96 bits per heavy atom. The van der Waals surface area contributed by atoms with Gasteiger partial charge in [0.15, 0.2) is 0 Å². The molecule has 0 aliphatic carbocycles. The summed E-state index contributed by atoms with van der Waals surface area (Å²) in [7, 11) is 1.52. The summed E-state index contributed by atoms with van der Waals surface area (Å²) in [5.74, 6) is 0. The molecule has 0 aliphatic heterocycles. The summed E-state index contributed by atoms with van der Waals surface area (Å²) in [4.78, 5) is 9.26. The number of para-hydroxylation sites is 1. The first-order valence-corrected chi connectivity index (χ1v) is 8.73. The molecule has 0 spiro atoms. The summed E-state index contributed by atoms with van der Waals surface area (Å²) in [6.07, 6.45) is 3.50. The summed E-state index contributed by atoms with van der Waals surface area (Å²) in [6.45, 7) is 2.77. The van der Waals surface area contributed by atoms with Gasteiger partial charge in [0, 0.05) is 27.9 Å². The van der Waals surface area contributed by atoms with E-state index in [2.05, 4.69) is 52.0 Å². The third-order valence-corrected chi connectivity index (χ3v) is 4.87. The molecule has 4 rings (SSSR count). The van der Waals surface area contributed by atoms with Crippen molar-refractivity contribution in [3.8, 4) is 0 Å². The van der Waals surface area contributed by atoms with Crippen LogP contribution in [0, 0.1) is 6.92 Å². The number of aryl methyl sites for hydroxylation is 1. The number of hydrogen-bond acceptors (Lipinski definition) is 3. The van der Waals surface area contributed by atoms with E-state index < -0.39 is 0 Å². The van der Waals surface area contributed by atoms with Crippen LogP contribution in [0.15, 0.2) is 59.9 Å². The van der Waals surface area contributed by atoms with Crippen molar-refractivity contribution in [2.45, 2.75) is 13.5 Å². The molecule has 2 aromatic heterocycles. The maximum absolute atomic E-state index is 6.44. The number of nitrogens with zero attached hydrogens (tertiary/aromatic N) is 3. The molecule has 0 saturated carbocycles. The largest absolute Gasteiger partial charge is 0.399 e. The van der Waals surface area contributed by atoms with E-state index in [1.807, 2.05) is 24.4 Å². The number of benzene rings is 2. The molecule has 26 heavy (non-hydrogen) atoms. The highest BCUT2D eigenvalue weighted by Gasteiger charge is 2.13. The fraction of sp³-hybridized carbons (Fsp3) is 0.143. The third kappa shape index (κ3) is 2.93. The smallest absolute Gasteiger partial charge is 0.106 e. The first-order chi connectivity index (χ1) is 12.7. The molecule has 0 fully saturated rings. The van der Waals surface area contributed by atoms with Crippen LogP contribution >= 0.6 is 11.6 Å². The Labute approximate surface area is 156 Å². The van der Waals surface area contributed by atoms with Gasteiger partial charge in [-0.15, -0.1) is 0 Å². The van der Waals surface area contributed by atoms with Crippen LogP contribution < -0.4 is 0 Å². The Morgan fingerprint density at radius 1 is 1.12 bits per heavy atom. The van der Waals surface area contributed by atoms with E-state index >= 15 is 0 Å². The zero-order valence-corrected chi connectivity index (χ0v) is 15.4. The van der Waals surface area contributed by atoms with E-state index in [4.69, 9.17) is 16.4 Å². The van der Waals surface area contributed by atoms with Crippen molar-refractivity contribution in [1.82, 2.24) is 9.55 Å². The van der Waals surface area contributed by atoms with Crippen molar-refractivity contribution in [3.05, 3.63) is 76.6 Å². The van der Waals surface area contributed by atoms with Crippen LogP contribution in [-0.2, 0) is 11.4 Å². The van der Waals surface area contributed by atoms with Gasteiger partial charge in [0.1, 0.15) is 7.11 Å². The van der Waals surface area contributed by atoms with E-state index in [9.17, 15) is 0 Å². The van der Waals surface area contributed by atoms with Crippen molar-refractivity contribution < 1.29 is 4.84 Å². The number of aromatic nitrogens is 2. The number of halogens is 1. The second kappa shape index (κ2) is 6.81. The van der Waals surface area contributed by atoms with Gasteiger partial charge in [-0.05, 0) is 30.7 Å². The maximum Gasteiger partial charge on any atom is 0.106 e. The molecule has 0 atom stereocenters. The van der Waals surface area contributed by atoms with Gasteiger partial charge < -0.3 is 9.40 Å². The van der Waals surface area contributed by atoms with Crippen LogP contribution in [0.4, 0.5) is 0 Å². The van der Waals surface area contributed by atoms with Crippen LogP contribution in [0.25, 0.3) is 21.8 Å². The Hall–Kier alpha value is -2.85. The van der Waals surface area contributed by atoms with Crippen molar-refractivity contribution >= 4 is 39.6 Å². The van der Waals surface area contributed by atoms with Gasteiger partial charge >= 0.3 is 0 Å². The topological polar surface area (TPSA) is 39.4 Å². The number of pyridine rings is 1. The van der Waals surface area contributed by atoms with E-state index in [0.717, 1.165) is 32.7 Å². The lowest BCUT2D eigenvalue weighted by atomic mass is 10.1. The third-order valence-electron chi connectivity index (χ3n) is 4.50. The summed E-state index contributed by atoms with van der Waals surface area (Å²) in [5, 5.41) is 6.91. The fourth-order valence-corrected chi connectivity index (χ4v) is 3.48. The maximum atomic E-state index is 6.44.